The van der Waals surface area contributed by atoms with E-state index in [0.717, 1.165) is 5.56 Å². The fraction of sp³-hybridized carbons (Fsp3) is 0.263. The van der Waals surface area contributed by atoms with Crippen LogP contribution in [0.2, 0.25) is 0 Å². The van der Waals surface area contributed by atoms with Crippen molar-refractivity contribution in [3.8, 4) is 17.2 Å². The molecule has 0 aliphatic rings. The number of benzene rings is 2. The lowest BCUT2D eigenvalue weighted by Gasteiger charge is -2.17. The molecule has 0 saturated carbocycles. The zero-order valence-electron chi connectivity index (χ0n) is 14.8. The summed E-state index contributed by atoms with van der Waals surface area (Å²) in [7, 11) is 4.34. The second-order valence-corrected chi connectivity index (χ2v) is 5.47. The highest BCUT2D eigenvalue weighted by atomic mass is 16.5. The van der Waals surface area contributed by atoms with Gasteiger partial charge < -0.3 is 24.6 Å². The molecule has 7 nitrogen and oxygen atoms in total. The molecule has 0 spiro atoms. The highest BCUT2D eigenvalue weighted by Crippen LogP contribution is 2.38. The van der Waals surface area contributed by atoms with Gasteiger partial charge in [-0.05, 0) is 17.7 Å². The van der Waals surface area contributed by atoms with E-state index in [0.29, 0.717) is 17.2 Å². The summed E-state index contributed by atoms with van der Waals surface area (Å²) in [5.41, 5.74) is 1.02. The molecule has 0 heterocycles. The Kier molecular flexibility index (Phi) is 6.43. The van der Waals surface area contributed by atoms with E-state index in [1.54, 1.807) is 0 Å². The molecule has 0 aromatic heterocycles. The molecule has 0 radical (unpaired) electrons. The first kappa shape index (κ1) is 19.1. The van der Waals surface area contributed by atoms with Crippen LogP contribution in [0.4, 0.5) is 0 Å². The van der Waals surface area contributed by atoms with Crippen molar-refractivity contribution in [1.82, 2.24) is 5.32 Å². The lowest BCUT2D eigenvalue weighted by Crippen LogP contribution is -2.42. The van der Waals surface area contributed by atoms with Gasteiger partial charge in [0, 0.05) is 12.0 Å². The van der Waals surface area contributed by atoms with Crippen molar-refractivity contribution >= 4 is 11.9 Å². The molecule has 2 aromatic rings. The van der Waals surface area contributed by atoms with Gasteiger partial charge in [-0.25, -0.2) is 4.79 Å². The number of hydrogen-bond acceptors (Lipinski definition) is 5. The zero-order chi connectivity index (χ0) is 19.1. The van der Waals surface area contributed by atoms with E-state index >= 15 is 0 Å². The minimum atomic E-state index is -1.12. The van der Waals surface area contributed by atoms with Gasteiger partial charge in [-0.3, -0.25) is 4.79 Å². The van der Waals surface area contributed by atoms with Crippen LogP contribution in [0.1, 0.15) is 15.9 Å². The van der Waals surface area contributed by atoms with Gasteiger partial charge >= 0.3 is 5.97 Å². The van der Waals surface area contributed by atoms with Crippen LogP contribution in [0.25, 0.3) is 0 Å². The Bertz CT molecular complexity index is 750. The predicted octanol–water partition coefficient (Wildman–Crippen LogP) is 2.14. The fourth-order valence-corrected chi connectivity index (χ4v) is 2.50. The van der Waals surface area contributed by atoms with Gasteiger partial charge in [0.1, 0.15) is 6.04 Å². The van der Waals surface area contributed by atoms with Crippen LogP contribution in [0.15, 0.2) is 42.5 Å². The maximum absolute atomic E-state index is 12.6. The molecule has 1 amide bonds. The number of aliphatic carboxylic acids is 1. The average molecular weight is 359 g/mol. The third-order valence-corrected chi connectivity index (χ3v) is 3.81. The number of rotatable bonds is 8. The van der Waals surface area contributed by atoms with Crippen molar-refractivity contribution in [1.29, 1.82) is 0 Å². The van der Waals surface area contributed by atoms with Gasteiger partial charge in [-0.15, -0.1) is 0 Å². The molecule has 138 valence electrons. The minimum absolute atomic E-state index is 0.173. The summed E-state index contributed by atoms with van der Waals surface area (Å²) < 4.78 is 15.6. The quantitative estimate of drug-likeness (QED) is 0.750. The van der Waals surface area contributed by atoms with Crippen LogP contribution >= 0.6 is 0 Å². The first-order chi connectivity index (χ1) is 12.5. The van der Waals surface area contributed by atoms with Gasteiger partial charge in [-0.2, -0.15) is 0 Å². The lowest BCUT2D eigenvalue weighted by molar-refractivity contribution is -0.139. The van der Waals surface area contributed by atoms with Crippen molar-refractivity contribution in [2.24, 2.45) is 0 Å². The molecule has 7 heteroatoms. The number of methoxy groups -OCH3 is 3. The molecule has 26 heavy (non-hydrogen) atoms. The van der Waals surface area contributed by atoms with E-state index < -0.39 is 17.9 Å². The summed E-state index contributed by atoms with van der Waals surface area (Å²) in [5.74, 6) is -0.688. The number of carboxylic acids is 1. The predicted molar refractivity (Wildman–Crippen MR) is 95.1 cm³/mol. The minimum Gasteiger partial charge on any atom is -0.493 e. The third-order valence-electron chi connectivity index (χ3n) is 3.81. The molecular weight excluding hydrogens is 338 g/mol. The Balaban J connectivity index is 2.25. The van der Waals surface area contributed by atoms with Gasteiger partial charge in [0.15, 0.2) is 11.5 Å². The normalized spacial score (nSPS) is 11.3. The SMILES string of the molecule is COc1cc(C(=O)N[C@@H](Cc2ccccc2)C(=O)O)cc(OC)c1OC. The topological polar surface area (TPSA) is 94.1 Å². The van der Waals surface area contributed by atoms with Gasteiger partial charge in [0.25, 0.3) is 5.91 Å². The number of ether oxygens (including phenoxy) is 3. The standard InChI is InChI=1S/C19H21NO6/c1-24-15-10-13(11-16(25-2)17(15)26-3)18(21)20-14(19(22)23)9-12-7-5-4-6-8-12/h4-8,10-11,14H,9H2,1-3H3,(H,20,21)(H,22,23)/t14-/m0/s1. The summed E-state index contributed by atoms with van der Waals surface area (Å²) in [6.45, 7) is 0. The maximum atomic E-state index is 12.6. The van der Waals surface area contributed by atoms with E-state index in [-0.39, 0.29) is 12.0 Å². The Morgan fingerprint density at radius 2 is 1.58 bits per heavy atom. The van der Waals surface area contributed by atoms with Crippen LogP contribution in [0.5, 0.6) is 17.2 Å². The third kappa shape index (κ3) is 4.44. The van der Waals surface area contributed by atoms with E-state index in [1.165, 1.54) is 33.5 Å². The summed E-state index contributed by atoms with van der Waals surface area (Å²) in [6, 6.07) is 11.0. The molecule has 0 aliphatic carbocycles. The molecule has 2 N–H and O–H groups in total. The summed E-state index contributed by atoms with van der Waals surface area (Å²) in [5, 5.41) is 12.0. The van der Waals surface area contributed by atoms with E-state index in [1.807, 2.05) is 30.3 Å². The molecule has 2 rings (SSSR count). The maximum Gasteiger partial charge on any atom is 0.326 e. The molecule has 0 saturated heterocycles. The molecular formula is C19H21NO6. The monoisotopic (exact) mass is 359 g/mol. The molecule has 0 unspecified atom stereocenters. The van der Waals surface area contributed by atoms with Crippen LogP contribution < -0.4 is 19.5 Å². The van der Waals surface area contributed by atoms with E-state index in [4.69, 9.17) is 14.2 Å². The number of amides is 1. The Labute approximate surface area is 151 Å². The number of hydrogen-bond donors (Lipinski definition) is 2. The molecule has 0 bridgehead atoms. The Hall–Kier alpha value is -3.22. The molecule has 1 atom stereocenters. The van der Waals surface area contributed by atoms with E-state index in [9.17, 15) is 14.7 Å². The summed E-state index contributed by atoms with van der Waals surface area (Å²) >= 11 is 0. The second-order valence-electron chi connectivity index (χ2n) is 5.47. The van der Waals surface area contributed by atoms with Crippen molar-refractivity contribution in [3.05, 3.63) is 53.6 Å². The van der Waals surface area contributed by atoms with Crippen molar-refractivity contribution in [3.63, 3.8) is 0 Å². The lowest BCUT2D eigenvalue weighted by atomic mass is 10.1. The van der Waals surface area contributed by atoms with Crippen LogP contribution in [-0.4, -0.2) is 44.4 Å². The van der Waals surface area contributed by atoms with E-state index in [2.05, 4.69) is 5.32 Å². The largest absolute Gasteiger partial charge is 0.493 e. The van der Waals surface area contributed by atoms with Gasteiger partial charge in [-0.1, -0.05) is 30.3 Å². The number of carbonyl (C=O) groups excluding carboxylic acids is 1. The number of carboxylic acid groups (broad SMARTS) is 1. The van der Waals surface area contributed by atoms with Crippen molar-refractivity contribution in [2.75, 3.05) is 21.3 Å². The smallest absolute Gasteiger partial charge is 0.326 e. The highest BCUT2D eigenvalue weighted by Gasteiger charge is 2.23. The number of carbonyl (C=O) groups is 2. The molecule has 0 aliphatic heterocycles. The van der Waals surface area contributed by atoms with Crippen molar-refractivity contribution in [2.45, 2.75) is 12.5 Å². The first-order valence-corrected chi connectivity index (χ1v) is 7.87. The summed E-state index contributed by atoms with van der Waals surface area (Å²) in [4.78, 5) is 24.1. The Morgan fingerprint density at radius 3 is 2.04 bits per heavy atom. The van der Waals surface area contributed by atoms with Crippen LogP contribution in [0, 0.1) is 0 Å². The zero-order valence-corrected chi connectivity index (χ0v) is 14.8. The summed E-state index contributed by atoms with van der Waals surface area (Å²) in [6.07, 6.45) is 0.173. The van der Waals surface area contributed by atoms with Gasteiger partial charge in [0.2, 0.25) is 5.75 Å². The first-order valence-electron chi connectivity index (χ1n) is 7.87. The van der Waals surface area contributed by atoms with Crippen LogP contribution in [-0.2, 0) is 11.2 Å². The molecule has 0 fully saturated rings. The fourth-order valence-electron chi connectivity index (χ4n) is 2.50. The van der Waals surface area contributed by atoms with Gasteiger partial charge in [0.05, 0.1) is 21.3 Å². The Morgan fingerprint density at radius 1 is 1.00 bits per heavy atom. The van der Waals surface area contributed by atoms with Crippen molar-refractivity contribution < 1.29 is 28.9 Å². The van der Waals surface area contributed by atoms with Crippen LogP contribution in [0.3, 0.4) is 0 Å². The molecule has 2 aromatic carbocycles. The highest BCUT2D eigenvalue weighted by molar-refractivity contribution is 5.97. The average Bonchev–Trinajstić information content (AvgIpc) is 2.66. The second kappa shape index (κ2) is 8.75. The number of nitrogens with one attached hydrogen (secondary N) is 1.